The van der Waals surface area contributed by atoms with Gasteiger partial charge >= 0.3 is 0 Å². The zero-order valence-corrected chi connectivity index (χ0v) is 19.7. The summed E-state index contributed by atoms with van der Waals surface area (Å²) in [6.07, 6.45) is 4.95. The minimum absolute atomic E-state index is 0.169. The van der Waals surface area contributed by atoms with Gasteiger partial charge in [-0.2, -0.15) is 0 Å². The number of ether oxygens (including phenoxy) is 3. The lowest BCUT2D eigenvalue weighted by Gasteiger charge is -2.37. The van der Waals surface area contributed by atoms with Crippen molar-refractivity contribution in [2.45, 2.75) is 37.9 Å². The van der Waals surface area contributed by atoms with Crippen molar-refractivity contribution in [3.05, 3.63) is 120 Å². The topological polar surface area (TPSA) is 27.7 Å². The zero-order chi connectivity index (χ0) is 23.2. The van der Waals surface area contributed by atoms with Crippen LogP contribution in [0.2, 0.25) is 0 Å². The summed E-state index contributed by atoms with van der Waals surface area (Å²) in [5.41, 5.74) is 2.49. The number of unbranched alkanes of at least 4 members (excludes halogenated alkanes) is 2. The van der Waals surface area contributed by atoms with E-state index in [-0.39, 0.29) is 6.10 Å². The van der Waals surface area contributed by atoms with Crippen LogP contribution in [0.4, 0.5) is 0 Å². The summed E-state index contributed by atoms with van der Waals surface area (Å²) < 4.78 is 18.9. The molecule has 0 aliphatic heterocycles. The Labute approximate surface area is 199 Å². The first-order valence-electron chi connectivity index (χ1n) is 11.9. The minimum Gasteiger partial charge on any atom is -0.375 e. The molecule has 0 spiro atoms. The fourth-order valence-electron chi connectivity index (χ4n) is 4.02. The maximum absolute atomic E-state index is 6.91. The van der Waals surface area contributed by atoms with Crippen molar-refractivity contribution >= 4 is 0 Å². The second-order valence-electron chi connectivity index (χ2n) is 8.12. The lowest BCUT2D eigenvalue weighted by molar-refractivity contribution is -0.0897. The molecular formula is C30H36O3. The van der Waals surface area contributed by atoms with Gasteiger partial charge in [0.25, 0.3) is 0 Å². The predicted octanol–water partition coefficient (Wildman–Crippen LogP) is 6.77. The van der Waals surface area contributed by atoms with Crippen molar-refractivity contribution in [3.8, 4) is 0 Å². The van der Waals surface area contributed by atoms with Crippen molar-refractivity contribution in [2.75, 3.05) is 26.4 Å². The van der Waals surface area contributed by atoms with Gasteiger partial charge in [-0.1, -0.05) is 117 Å². The zero-order valence-electron chi connectivity index (χ0n) is 19.7. The molecule has 1 atom stereocenters. The van der Waals surface area contributed by atoms with E-state index in [1.165, 1.54) is 0 Å². The second kappa shape index (κ2) is 13.7. The van der Waals surface area contributed by atoms with Crippen LogP contribution in [0.3, 0.4) is 0 Å². The summed E-state index contributed by atoms with van der Waals surface area (Å²) >= 11 is 0. The number of hydrogen-bond donors (Lipinski definition) is 0. The van der Waals surface area contributed by atoms with Gasteiger partial charge in [-0.05, 0) is 23.1 Å². The minimum atomic E-state index is -0.757. The Kier molecular flexibility index (Phi) is 10.4. The monoisotopic (exact) mass is 444 g/mol. The van der Waals surface area contributed by atoms with Crippen LogP contribution in [0.25, 0.3) is 0 Å². The van der Waals surface area contributed by atoms with Crippen molar-refractivity contribution < 1.29 is 14.2 Å². The summed E-state index contributed by atoms with van der Waals surface area (Å²) in [6.45, 7) is 8.02. The molecule has 3 nitrogen and oxygen atoms in total. The SMILES string of the molecule is C=CCOCC(COC(c1ccccc1)(c1ccccc1)c1ccccc1)OCCCCC. The normalized spacial score (nSPS) is 12.4. The predicted molar refractivity (Wildman–Crippen MR) is 135 cm³/mol. The molecule has 33 heavy (non-hydrogen) atoms. The average Bonchev–Trinajstić information content (AvgIpc) is 2.88. The Bertz CT molecular complexity index is 812. The molecule has 0 radical (unpaired) electrons. The Balaban J connectivity index is 1.95. The van der Waals surface area contributed by atoms with E-state index in [0.717, 1.165) is 36.0 Å². The largest absolute Gasteiger partial charge is 0.375 e. The highest BCUT2D eigenvalue weighted by atomic mass is 16.6. The molecule has 3 aromatic rings. The van der Waals surface area contributed by atoms with E-state index in [1.54, 1.807) is 6.08 Å². The molecule has 3 rings (SSSR count). The van der Waals surface area contributed by atoms with Gasteiger partial charge in [-0.15, -0.1) is 6.58 Å². The molecular weight excluding hydrogens is 408 g/mol. The summed E-state index contributed by atoms with van der Waals surface area (Å²) in [7, 11) is 0. The summed E-state index contributed by atoms with van der Waals surface area (Å²) in [5, 5.41) is 0. The molecule has 3 aromatic carbocycles. The molecule has 0 heterocycles. The Morgan fingerprint density at radius 3 is 1.73 bits per heavy atom. The van der Waals surface area contributed by atoms with Crippen LogP contribution in [0.5, 0.6) is 0 Å². The molecule has 0 aliphatic rings. The first-order valence-corrected chi connectivity index (χ1v) is 11.9. The van der Waals surface area contributed by atoms with E-state index < -0.39 is 5.60 Å². The first-order chi connectivity index (χ1) is 16.3. The second-order valence-corrected chi connectivity index (χ2v) is 8.12. The molecule has 174 valence electrons. The van der Waals surface area contributed by atoms with Gasteiger partial charge in [-0.25, -0.2) is 0 Å². The van der Waals surface area contributed by atoms with Gasteiger partial charge < -0.3 is 14.2 Å². The van der Waals surface area contributed by atoms with Crippen molar-refractivity contribution in [2.24, 2.45) is 0 Å². The lowest BCUT2D eigenvalue weighted by atomic mass is 9.80. The van der Waals surface area contributed by atoms with Crippen LogP contribution in [0, 0.1) is 0 Å². The molecule has 0 amide bonds. The molecule has 0 saturated carbocycles. The maximum Gasteiger partial charge on any atom is 0.143 e. The molecule has 1 unspecified atom stereocenters. The smallest absolute Gasteiger partial charge is 0.143 e. The number of rotatable bonds is 15. The van der Waals surface area contributed by atoms with E-state index in [9.17, 15) is 0 Å². The molecule has 0 aliphatic carbocycles. The van der Waals surface area contributed by atoms with Crippen molar-refractivity contribution in [1.29, 1.82) is 0 Å². The van der Waals surface area contributed by atoms with Gasteiger partial charge in [0.05, 0.1) is 19.8 Å². The fraction of sp³-hybridized carbons (Fsp3) is 0.333. The van der Waals surface area contributed by atoms with Gasteiger partial charge in [0, 0.05) is 6.61 Å². The molecule has 3 heteroatoms. The van der Waals surface area contributed by atoms with Crippen molar-refractivity contribution in [3.63, 3.8) is 0 Å². The maximum atomic E-state index is 6.91. The Morgan fingerprint density at radius 1 is 0.758 bits per heavy atom. The summed E-state index contributed by atoms with van der Waals surface area (Å²) in [6, 6.07) is 31.3. The van der Waals surface area contributed by atoms with Crippen LogP contribution in [0.1, 0.15) is 42.9 Å². The highest BCUT2D eigenvalue weighted by molar-refractivity contribution is 5.47. The van der Waals surface area contributed by atoms with E-state index in [0.29, 0.717) is 26.4 Å². The van der Waals surface area contributed by atoms with Crippen LogP contribution in [0.15, 0.2) is 104 Å². The first kappa shape index (κ1) is 24.9. The average molecular weight is 445 g/mol. The van der Waals surface area contributed by atoms with Gasteiger partial charge in [0.1, 0.15) is 11.7 Å². The van der Waals surface area contributed by atoms with E-state index >= 15 is 0 Å². The molecule has 0 saturated heterocycles. The lowest BCUT2D eigenvalue weighted by Crippen LogP contribution is -2.37. The third-order valence-corrected chi connectivity index (χ3v) is 5.67. The number of benzene rings is 3. The highest BCUT2D eigenvalue weighted by Crippen LogP contribution is 2.40. The highest BCUT2D eigenvalue weighted by Gasteiger charge is 2.38. The van der Waals surface area contributed by atoms with E-state index in [1.807, 2.05) is 18.2 Å². The van der Waals surface area contributed by atoms with E-state index in [2.05, 4.69) is 86.3 Å². The standard InChI is InChI=1S/C30H36O3/c1-3-5-15-23-32-29(24-31-22-4-2)25-33-30(26-16-9-6-10-17-26,27-18-11-7-12-19-27)28-20-13-8-14-21-28/h4,6-14,16-21,29H,2-3,5,15,22-25H2,1H3. The van der Waals surface area contributed by atoms with Gasteiger partial charge in [-0.3, -0.25) is 0 Å². The summed E-state index contributed by atoms with van der Waals surface area (Å²) in [4.78, 5) is 0. The molecule has 0 fully saturated rings. The fourth-order valence-corrected chi connectivity index (χ4v) is 4.02. The van der Waals surface area contributed by atoms with E-state index in [4.69, 9.17) is 14.2 Å². The third kappa shape index (κ3) is 6.88. The molecule has 0 bridgehead atoms. The Morgan fingerprint density at radius 2 is 1.27 bits per heavy atom. The third-order valence-electron chi connectivity index (χ3n) is 5.67. The molecule has 0 aromatic heterocycles. The summed E-state index contributed by atoms with van der Waals surface area (Å²) in [5.74, 6) is 0. The van der Waals surface area contributed by atoms with Crippen LogP contribution in [-0.2, 0) is 19.8 Å². The molecule has 0 N–H and O–H groups in total. The van der Waals surface area contributed by atoms with Crippen LogP contribution < -0.4 is 0 Å². The van der Waals surface area contributed by atoms with Gasteiger partial charge in [0.15, 0.2) is 0 Å². The van der Waals surface area contributed by atoms with Crippen LogP contribution >= 0.6 is 0 Å². The van der Waals surface area contributed by atoms with Crippen molar-refractivity contribution in [1.82, 2.24) is 0 Å². The number of hydrogen-bond acceptors (Lipinski definition) is 3. The quantitative estimate of drug-likeness (QED) is 0.147. The van der Waals surface area contributed by atoms with Crippen LogP contribution in [-0.4, -0.2) is 32.5 Å². The van der Waals surface area contributed by atoms with Gasteiger partial charge in [0.2, 0.25) is 0 Å². The Hall–Kier alpha value is -2.72.